The molecule has 35 heavy (non-hydrogen) atoms. The first-order chi connectivity index (χ1) is 16.9. The number of carbonyl (C=O) groups excluding carboxylic acids is 3. The van der Waals surface area contributed by atoms with Gasteiger partial charge in [0.2, 0.25) is 5.78 Å². The van der Waals surface area contributed by atoms with Crippen LogP contribution >= 0.6 is 0 Å². The first-order valence-corrected chi connectivity index (χ1v) is 11.7. The van der Waals surface area contributed by atoms with E-state index in [0.29, 0.717) is 74.4 Å². The molecule has 0 aliphatic carbocycles. The van der Waals surface area contributed by atoms with Gasteiger partial charge in [-0.05, 0) is 49.4 Å². The first-order valence-electron chi connectivity index (χ1n) is 11.7. The van der Waals surface area contributed by atoms with Crippen LogP contribution in [0, 0.1) is 0 Å². The Hall–Kier alpha value is -3.81. The van der Waals surface area contributed by atoms with Gasteiger partial charge in [-0.1, -0.05) is 25.5 Å². The highest BCUT2D eigenvalue weighted by Gasteiger charge is 2.28. The van der Waals surface area contributed by atoms with E-state index in [2.05, 4.69) is 6.58 Å². The number of allylic oxidation sites excluding steroid dienone is 1. The number of ketones is 1. The molecule has 0 fully saturated rings. The number of amides is 1. The van der Waals surface area contributed by atoms with Gasteiger partial charge in [-0.3, -0.25) is 14.4 Å². The number of fused-ring (bicyclic) bond motifs is 1. The van der Waals surface area contributed by atoms with E-state index in [9.17, 15) is 19.5 Å². The van der Waals surface area contributed by atoms with Crippen molar-refractivity contribution in [1.29, 1.82) is 0 Å². The molecule has 3 N–H and O–H groups in total. The van der Waals surface area contributed by atoms with Crippen molar-refractivity contribution in [3.63, 3.8) is 0 Å². The van der Waals surface area contributed by atoms with Gasteiger partial charge in [-0.25, -0.2) is 0 Å². The van der Waals surface area contributed by atoms with Gasteiger partial charge in [-0.15, -0.1) is 6.58 Å². The van der Waals surface area contributed by atoms with Crippen LogP contribution in [-0.2, 0) is 28.9 Å². The molecule has 0 saturated carbocycles. The zero-order valence-corrected chi connectivity index (χ0v) is 19.9. The minimum atomic E-state index is -0.749. The molecule has 0 aromatic heterocycles. The molecule has 186 valence electrons. The van der Waals surface area contributed by atoms with Crippen LogP contribution in [0.5, 0.6) is 23.0 Å². The second-order valence-corrected chi connectivity index (χ2v) is 8.29. The highest BCUT2D eigenvalue weighted by molar-refractivity contribution is 6.27. The van der Waals surface area contributed by atoms with Gasteiger partial charge in [0, 0.05) is 17.5 Å². The first kappa shape index (κ1) is 25.8. The van der Waals surface area contributed by atoms with Crippen molar-refractivity contribution in [3.05, 3.63) is 59.2 Å². The molecule has 2 aromatic carbocycles. The van der Waals surface area contributed by atoms with Crippen molar-refractivity contribution >= 4 is 18.0 Å². The fourth-order valence-corrected chi connectivity index (χ4v) is 4.10. The normalized spacial score (nSPS) is 14.4. The maximum Gasteiger partial charge on any atom is 0.252 e. The van der Waals surface area contributed by atoms with Crippen LogP contribution in [0.4, 0.5) is 0 Å². The van der Waals surface area contributed by atoms with Crippen LogP contribution in [0.25, 0.3) is 0 Å². The molecule has 8 nitrogen and oxygen atoms in total. The van der Waals surface area contributed by atoms with E-state index in [1.807, 2.05) is 19.1 Å². The summed E-state index contributed by atoms with van der Waals surface area (Å²) < 4.78 is 17.8. The van der Waals surface area contributed by atoms with Crippen LogP contribution in [0.2, 0.25) is 0 Å². The van der Waals surface area contributed by atoms with Crippen molar-refractivity contribution in [2.75, 3.05) is 13.2 Å². The van der Waals surface area contributed by atoms with E-state index >= 15 is 0 Å². The molecule has 1 aliphatic rings. The average Bonchev–Trinajstić information content (AvgIpc) is 2.85. The number of carbonyl (C=O) groups is 3. The number of aryl methyl sites for hydroxylation is 1. The van der Waals surface area contributed by atoms with Crippen molar-refractivity contribution in [2.24, 2.45) is 5.73 Å². The third-order valence-electron chi connectivity index (χ3n) is 5.83. The Kier molecular flexibility index (Phi) is 8.89. The van der Waals surface area contributed by atoms with E-state index in [1.165, 1.54) is 6.07 Å². The second-order valence-electron chi connectivity index (χ2n) is 8.29. The number of nitrogens with two attached hydrogens (primary N) is 1. The van der Waals surface area contributed by atoms with E-state index < -0.39 is 17.8 Å². The summed E-state index contributed by atoms with van der Waals surface area (Å²) in [5, 5.41) is 10.4. The molecule has 0 spiro atoms. The molecular weight excluding hydrogens is 450 g/mol. The minimum Gasteiger partial charge on any atom is -0.507 e. The number of phenols is 1. The molecule has 0 bridgehead atoms. The summed E-state index contributed by atoms with van der Waals surface area (Å²) in [6, 6.07) is 6.89. The quantitative estimate of drug-likeness (QED) is 0.194. The molecule has 8 heteroatoms. The van der Waals surface area contributed by atoms with Crippen LogP contribution in [0.15, 0.2) is 36.9 Å². The minimum absolute atomic E-state index is 0.0349. The molecular formula is C27H31NO7. The van der Waals surface area contributed by atoms with E-state index in [1.54, 1.807) is 12.1 Å². The monoisotopic (exact) mass is 481 g/mol. The summed E-state index contributed by atoms with van der Waals surface area (Å²) in [7, 11) is 0. The number of benzene rings is 2. The van der Waals surface area contributed by atoms with Crippen molar-refractivity contribution < 1.29 is 33.7 Å². The summed E-state index contributed by atoms with van der Waals surface area (Å²) in [6.07, 6.45) is 4.78. The number of hydrogen-bond donors (Lipinski definition) is 2. The lowest BCUT2D eigenvalue weighted by Gasteiger charge is -2.27. The Labute approximate surface area is 204 Å². The SMILES string of the molecule is C=CCc1c(OCCCOc2ccc3c(c2CCC)OC(C(=O)C=O)CC3)ccc(C(N)=O)c1O. The van der Waals surface area contributed by atoms with E-state index in [0.717, 1.165) is 17.5 Å². The fourth-order valence-electron chi connectivity index (χ4n) is 4.10. The second kappa shape index (κ2) is 12.1. The molecule has 1 atom stereocenters. The van der Waals surface area contributed by atoms with Gasteiger partial charge < -0.3 is 25.1 Å². The van der Waals surface area contributed by atoms with Gasteiger partial charge in [0.05, 0.1) is 18.8 Å². The number of ether oxygens (including phenoxy) is 3. The van der Waals surface area contributed by atoms with E-state index in [-0.39, 0.29) is 11.3 Å². The van der Waals surface area contributed by atoms with Gasteiger partial charge in [-0.2, -0.15) is 0 Å². The number of Topliss-reactive ketones (excluding diaryl/α,β-unsaturated/α-hetero) is 1. The Morgan fingerprint density at radius 1 is 1.17 bits per heavy atom. The molecule has 1 amide bonds. The van der Waals surface area contributed by atoms with Gasteiger partial charge in [0.1, 0.15) is 23.0 Å². The number of hydrogen-bond acceptors (Lipinski definition) is 7. The molecule has 1 unspecified atom stereocenters. The fraction of sp³-hybridized carbons (Fsp3) is 0.370. The predicted octanol–water partition coefficient (Wildman–Crippen LogP) is 3.48. The van der Waals surface area contributed by atoms with Crippen molar-refractivity contribution in [1.82, 2.24) is 0 Å². The highest BCUT2D eigenvalue weighted by Crippen LogP contribution is 2.38. The number of aldehydes is 1. The highest BCUT2D eigenvalue weighted by atomic mass is 16.5. The molecule has 2 aromatic rings. The van der Waals surface area contributed by atoms with Crippen LogP contribution in [-0.4, -0.2) is 42.4 Å². The Morgan fingerprint density at radius 2 is 1.86 bits per heavy atom. The maximum atomic E-state index is 11.8. The Balaban J connectivity index is 1.65. The third kappa shape index (κ3) is 6.01. The lowest BCUT2D eigenvalue weighted by molar-refractivity contribution is -0.135. The van der Waals surface area contributed by atoms with Gasteiger partial charge in [0.25, 0.3) is 5.91 Å². The Morgan fingerprint density at radius 3 is 2.49 bits per heavy atom. The molecule has 1 aliphatic heterocycles. The van der Waals surface area contributed by atoms with Crippen LogP contribution in [0.1, 0.15) is 53.2 Å². The summed E-state index contributed by atoms with van der Waals surface area (Å²) in [4.78, 5) is 34.3. The summed E-state index contributed by atoms with van der Waals surface area (Å²) in [5.41, 5.74) is 7.70. The lowest BCUT2D eigenvalue weighted by Crippen LogP contribution is -2.32. The van der Waals surface area contributed by atoms with Crippen molar-refractivity contribution in [2.45, 2.75) is 51.6 Å². The smallest absolute Gasteiger partial charge is 0.252 e. The number of aromatic hydroxyl groups is 1. The average molecular weight is 482 g/mol. The predicted molar refractivity (Wildman–Crippen MR) is 130 cm³/mol. The molecule has 0 saturated heterocycles. The van der Waals surface area contributed by atoms with Crippen LogP contribution in [0.3, 0.4) is 0 Å². The molecule has 3 rings (SSSR count). The zero-order chi connectivity index (χ0) is 25.4. The van der Waals surface area contributed by atoms with Gasteiger partial charge in [0.15, 0.2) is 12.4 Å². The summed E-state index contributed by atoms with van der Waals surface area (Å²) in [6.45, 7) is 6.42. The third-order valence-corrected chi connectivity index (χ3v) is 5.83. The topological polar surface area (TPSA) is 125 Å². The number of rotatable bonds is 13. The molecule has 0 radical (unpaired) electrons. The van der Waals surface area contributed by atoms with Crippen molar-refractivity contribution in [3.8, 4) is 23.0 Å². The largest absolute Gasteiger partial charge is 0.507 e. The van der Waals surface area contributed by atoms with E-state index in [4.69, 9.17) is 19.9 Å². The lowest BCUT2D eigenvalue weighted by atomic mass is 9.95. The number of primary amides is 1. The summed E-state index contributed by atoms with van der Waals surface area (Å²) >= 11 is 0. The van der Waals surface area contributed by atoms with Gasteiger partial charge >= 0.3 is 0 Å². The molecule has 1 heterocycles. The summed E-state index contributed by atoms with van der Waals surface area (Å²) in [5.74, 6) is 0.313. The zero-order valence-electron chi connectivity index (χ0n) is 19.9. The standard InChI is InChI=1S/C27H31NO7/c1-3-6-18-22(13-10-20(25(18)31)27(28)32)33-14-5-15-34-23-11-8-17-9-12-24(21(30)16-29)35-26(17)19(23)7-4-2/h3,8,10-11,13,16,24,31H,1,4-7,9,12,14-15H2,2H3,(H2,28,32). The van der Waals surface area contributed by atoms with Crippen LogP contribution < -0.4 is 19.9 Å². The maximum absolute atomic E-state index is 11.8. The Bertz CT molecular complexity index is 1110.